The number of nitrogens with zero attached hydrogens (tertiary/aromatic N) is 3. The van der Waals surface area contributed by atoms with Crippen LogP contribution in [-0.4, -0.2) is 17.6 Å². The van der Waals surface area contributed by atoms with Gasteiger partial charge in [0.05, 0.1) is 6.61 Å². The van der Waals surface area contributed by atoms with Crippen LogP contribution in [0, 0.1) is 0 Å². The van der Waals surface area contributed by atoms with Crippen LogP contribution in [0.5, 0.6) is 5.75 Å². The maximum atomic E-state index is 8.50. The van der Waals surface area contributed by atoms with Crippen LogP contribution in [0.1, 0.15) is 24.5 Å². The number of fused-ring (bicyclic) bond motifs is 3. The molecule has 0 saturated heterocycles. The zero-order valence-corrected chi connectivity index (χ0v) is 10.9. The Labute approximate surface area is 111 Å². The van der Waals surface area contributed by atoms with Crippen LogP contribution in [0.4, 0.5) is 0 Å². The minimum Gasteiger partial charge on any atom is -0.493 e. The molecule has 2 heterocycles. The van der Waals surface area contributed by atoms with E-state index in [0.717, 1.165) is 37.1 Å². The van der Waals surface area contributed by atoms with Crippen molar-refractivity contribution in [2.24, 2.45) is 5.11 Å². The van der Waals surface area contributed by atoms with E-state index in [4.69, 9.17) is 10.3 Å². The molecule has 19 heavy (non-hydrogen) atoms. The average molecular weight is 256 g/mol. The molecule has 0 radical (unpaired) electrons. The fourth-order valence-corrected chi connectivity index (χ4v) is 2.78. The standard InChI is InChI=1S/C14H16N4O/c1-9(17-18-15)7-10-8-16-12-4-5-13-11(14(10)12)3-2-6-19-13/h4-5,8-9,16H,2-3,6-7H2,1H3. The smallest absolute Gasteiger partial charge is 0.123 e. The highest BCUT2D eigenvalue weighted by atomic mass is 16.5. The second-order valence-corrected chi connectivity index (χ2v) is 4.99. The predicted molar refractivity (Wildman–Crippen MR) is 74.4 cm³/mol. The van der Waals surface area contributed by atoms with Crippen molar-refractivity contribution >= 4 is 10.9 Å². The van der Waals surface area contributed by atoms with Gasteiger partial charge in [0.15, 0.2) is 0 Å². The lowest BCUT2D eigenvalue weighted by molar-refractivity contribution is 0.289. The highest BCUT2D eigenvalue weighted by Gasteiger charge is 2.17. The molecular weight excluding hydrogens is 240 g/mol. The molecule has 5 nitrogen and oxygen atoms in total. The van der Waals surface area contributed by atoms with Gasteiger partial charge in [-0.05, 0) is 42.5 Å². The van der Waals surface area contributed by atoms with Crippen molar-refractivity contribution in [3.63, 3.8) is 0 Å². The van der Waals surface area contributed by atoms with Crippen molar-refractivity contribution in [2.45, 2.75) is 32.2 Å². The Morgan fingerprint density at radius 3 is 3.26 bits per heavy atom. The summed E-state index contributed by atoms with van der Waals surface area (Å²) in [6, 6.07) is 4.05. The number of aryl methyl sites for hydroxylation is 1. The lowest BCUT2D eigenvalue weighted by Gasteiger charge is -2.18. The molecule has 2 aromatic rings. The van der Waals surface area contributed by atoms with Gasteiger partial charge in [-0.25, -0.2) is 0 Å². The molecule has 1 N–H and O–H groups in total. The van der Waals surface area contributed by atoms with Crippen molar-refractivity contribution in [1.82, 2.24) is 4.98 Å². The summed E-state index contributed by atoms with van der Waals surface area (Å²) in [5.41, 5.74) is 12.1. The zero-order chi connectivity index (χ0) is 13.2. The molecule has 0 aliphatic carbocycles. The Morgan fingerprint density at radius 2 is 2.42 bits per heavy atom. The third kappa shape index (κ3) is 2.13. The number of hydrogen-bond acceptors (Lipinski definition) is 2. The molecule has 1 aliphatic heterocycles. The zero-order valence-electron chi connectivity index (χ0n) is 10.9. The quantitative estimate of drug-likeness (QED) is 0.507. The van der Waals surface area contributed by atoms with E-state index in [-0.39, 0.29) is 6.04 Å². The van der Waals surface area contributed by atoms with Crippen LogP contribution in [0.15, 0.2) is 23.4 Å². The number of rotatable bonds is 3. The van der Waals surface area contributed by atoms with Gasteiger partial charge in [0, 0.05) is 33.6 Å². The van der Waals surface area contributed by atoms with E-state index in [1.54, 1.807) is 0 Å². The Morgan fingerprint density at radius 1 is 1.53 bits per heavy atom. The number of nitrogens with one attached hydrogen (secondary N) is 1. The molecule has 1 unspecified atom stereocenters. The van der Waals surface area contributed by atoms with E-state index in [9.17, 15) is 0 Å². The van der Waals surface area contributed by atoms with Gasteiger partial charge in [-0.1, -0.05) is 12.0 Å². The summed E-state index contributed by atoms with van der Waals surface area (Å²) < 4.78 is 5.71. The molecule has 0 amide bonds. The van der Waals surface area contributed by atoms with Gasteiger partial charge < -0.3 is 9.72 Å². The molecule has 0 spiro atoms. The van der Waals surface area contributed by atoms with Crippen LogP contribution in [-0.2, 0) is 12.8 Å². The first kappa shape index (κ1) is 11.9. The molecule has 0 bridgehead atoms. The van der Waals surface area contributed by atoms with Crippen molar-refractivity contribution in [2.75, 3.05) is 6.61 Å². The van der Waals surface area contributed by atoms with Crippen molar-refractivity contribution in [3.05, 3.63) is 39.9 Å². The third-order valence-corrected chi connectivity index (χ3v) is 3.59. The van der Waals surface area contributed by atoms with Crippen molar-refractivity contribution in [3.8, 4) is 5.75 Å². The topological polar surface area (TPSA) is 73.8 Å². The maximum absolute atomic E-state index is 8.50. The monoisotopic (exact) mass is 256 g/mol. The number of aromatic nitrogens is 1. The van der Waals surface area contributed by atoms with Crippen LogP contribution in [0.25, 0.3) is 21.3 Å². The molecule has 0 fully saturated rings. The largest absolute Gasteiger partial charge is 0.493 e. The molecular formula is C14H16N4O. The van der Waals surface area contributed by atoms with Gasteiger partial charge in [-0.3, -0.25) is 0 Å². The molecule has 0 saturated carbocycles. The first-order chi connectivity index (χ1) is 9.29. The van der Waals surface area contributed by atoms with E-state index in [1.807, 2.05) is 19.2 Å². The molecule has 1 aromatic carbocycles. The number of H-pyrrole nitrogens is 1. The summed E-state index contributed by atoms with van der Waals surface area (Å²) in [7, 11) is 0. The van der Waals surface area contributed by atoms with Crippen LogP contribution in [0.2, 0.25) is 0 Å². The second kappa shape index (κ2) is 4.86. The Bertz CT molecular complexity index is 655. The Kier molecular flexibility index (Phi) is 3.05. The third-order valence-electron chi connectivity index (χ3n) is 3.59. The normalized spacial score (nSPS) is 15.4. The molecule has 3 rings (SSSR count). The lowest BCUT2D eigenvalue weighted by Crippen LogP contribution is -2.09. The predicted octanol–water partition coefficient (Wildman–Crippen LogP) is 3.73. The molecule has 1 atom stereocenters. The fraction of sp³-hybridized carbons (Fsp3) is 0.429. The number of aromatic amines is 1. The van der Waals surface area contributed by atoms with Crippen LogP contribution >= 0.6 is 0 Å². The minimum atomic E-state index is -0.0376. The van der Waals surface area contributed by atoms with Gasteiger partial charge in [0.1, 0.15) is 5.75 Å². The van der Waals surface area contributed by atoms with Gasteiger partial charge in [-0.15, -0.1) is 0 Å². The van der Waals surface area contributed by atoms with Crippen molar-refractivity contribution < 1.29 is 4.74 Å². The Hall–Kier alpha value is -2.13. The summed E-state index contributed by atoms with van der Waals surface area (Å²) >= 11 is 0. The lowest BCUT2D eigenvalue weighted by atomic mass is 9.97. The highest BCUT2D eigenvalue weighted by molar-refractivity contribution is 5.89. The number of benzene rings is 1. The maximum Gasteiger partial charge on any atom is 0.123 e. The van der Waals surface area contributed by atoms with Gasteiger partial charge in [0.25, 0.3) is 0 Å². The van der Waals surface area contributed by atoms with Gasteiger partial charge in [-0.2, -0.15) is 0 Å². The molecule has 5 heteroatoms. The summed E-state index contributed by atoms with van der Waals surface area (Å²) in [4.78, 5) is 6.17. The molecule has 1 aliphatic rings. The molecule has 98 valence electrons. The summed E-state index contributed by atoms with van der Waals surface area (Å²) in [5.74, 6) is 0.996. The Balaban J connectivity index is 2.07. The summed E-state index contributed by atoms with van der Waals surface area (Å²) in [6.07, 6.45) is 4.87. The van der Waals surface area contributed by atoms with Gasteiger partial charge >= 0.3 is 0 Å². The van der Waals surface area contributed by atoms with E-state index in [0.29, 0.717) is 0 Å². The van der Waals surface area contributed by atoms with E-state index < -0.39 is 0 Å². The SMILES string of the molecule is CC(Cc1c[nH]c2ccc3c(c12)CCCO3)N=[N+]=[N-]. The summed E-state index contributed by atoms with van der Waals surface area (Å²) in [5, 5.41) is 5.00. The van der Waals surface area contributed by atoms with Crippen LogP contribution in [0.3, 0.4) is 0 Å². The van der Waals surface area contributed by atoms with Crippen molar-refractivity contribution in [1.29, 1.82) is 0 Å². The van der Waals surface area contributed by atoms with E-state index in [2.05, 4.69) is 21.1 Å². The fourth-order valence-electron chi connectivity index (χ4n) is 2.78. The first-order valence-electron chi connectivity index (χ1n) is 6.58. The van der Waals surface area contributed by atoms with E-state index >= 15 is 0 Å². The van der Waals surface area contributed by atoms with Gasteiger partial charge in [0.2, 0.25) is 0 Å². The summed E-state index contributed by atoms with van der Waals surface area (Å²) in [6.45, 7) is 2.73. The first-order valence-corrected chi connectivity index (χ1v) is 6.58. The molecule has 1 aromatic heterocycles. The number of ether oxygens (including phenoxy) is 1. The highest BCUT2D eigenvalue weighted by Crippen LogP contribution is 2.34. The van der Waals surface area contributed by atoms with Crippen LogP contribution < -0.4 is 4.74 Å². The van der Waals surface area contributed by atoms with E-state index in [1.165, 1.54) is 16.5 Å². The number of hydrogen-bond donors (Lipinski definition) is 1. The number of azide groups is 1. The average Bonchev–Trinajstić information content (AvgIpc) is 2.82. The second-order valence-electron chi connectivity index (χ2n) is 4.99. The minimum absolute atomic E-state index is 0.0376.